The molecule has 1 aromatic rings. The summed E-state index contributed by atoms with van der Waals surface area (Å²) in [7, 11) is 1.40. The van der Waals surface area contributed by atoms with Gasteiger partial charge in [0.15, 0.2) is 5.78 Å². The predicted octanol–water partition coefficient (Wildman–Crippen LogP) is 3.57. The summed E-state index contributed by atoms with van der Waals surface area (Å²) in [4.78, 5) is 23.8. The van der Waals surface area contributed by atoms with Gasteiger partial charge in [-0.2, -0.15) is 0 Å². The van der Waals surface area contributed by atoms with E-state index < -0.39 is 0 Å². The number of carbonyl (C=O) groups is 2. The molecule has 0 radical (unpaired) electrons. The lowest BCUT2D eigenvalue weighted by Crippen LogP contribution is -2.06. The number of ketones is 1. The molecule has 0 aliphatic rings. The first-order chi connectivity index (χ1) is 9.04. The van der Waals surface area contributed by atoms with Crippen molar-refractivity contribution in [1.82, 2.24) is 0 Å². The second kappa shape index (κ2) is 8.00. The Labute approximate surface area is 118 Å². The Morgan fingerprint density at radius 3 is 2.37 bits per heavy atom. The summed E-state index contributed by atoms with van der Waals surface area (Å²) in [5, 5.41) is 0. The lowest BCUT2D eigenvalue weighted by Gasteiger charge is -2.05. The van der Waals surface area contributed by atoms with Crippen LogP contribution in [0.3, 0.4) is 0 Å². The highest BCUT2D eigenvalue weighted by molar-refractivity contribution is 7.99. The molecule has 0 unspecified atom stereocenters. The van der Waals surface area contributed by atoms with Crippen molar-refractivity contribution in [2.45, 2.75) is 31.6 Å². The van der Waals surface area contributed by atoms with Crippen LogP contribution < -0.4 is 0 Å². The van der Waals surface area contributed by atoms with Crippen LogP contribution in [0.5, 0.6) is 0 Å². The number of Topliss-reactive ketones (excluding diaryl/α,β-unsaturated/α-hetero) is 1. The predicted molar refractivity (Wildman–Crippen MR) is 77.6 cm³/mol. The Hall–Kier alpha value is -1.29. The van der Waals surface area contributed by atoms with E-state index in [9.17, 15) is 9.59 Å². The minimum atomic E-state index is -0.168. The highest BCUT2D eigenvalue weighted by Crippen LogP contribution is 2.20. The summed E-state index contributed by atoms with van der Waals surface area (Å²) in [6, 6.07) is 7.65. The third-order valence-corrected chi connectivity index (χ3v) is 3.78. The van der Waals surface area contributed by atoms with E-state index in [0.29, 0.717) is 6.42 Å². The molecule has 0 N–H and O–H groups in total. The number of methoxy groups -OCH3 is 1. The molecule has 0 aromatic heterocycles. The van der Waals surface area contributed by atoms with Gasteiger partial charge in [-0.3, -0.25) is 9.59 Å². The van der Waals surface area contributed by atoms with Crippen molar-refractivity contribution < 1.29 is 14.3 Å². The maximum Gasteiger partial charge on any atom is 0.305 e. The van der Waals surface area contributed by atoms with Crippen LogP contribution in [0.15, 0.2) is 29.2 Å². The minimum absolute atomic E-state index is 0.0264. The van der Waals surface area contributed by atoms with Crippen molar-refractivity contribution in [3.05, 3.63) is 29.8 Å². The zero-order valence-corrected chi connectivity index (χ0v) is 12.5. The Bertz CT molecular complexity index is 424. The number of carbonyl (C=O) groups excluding carboxylic acids is 2. The monoisotopic (exact) mass is 280 g/mol. The first-order valence-electron chi connectivity index (χ1n) is 6.38. The summed E-state index contributed by atoms with van der Waals surface area (Å²) in [5.41, 5.74) is 0.758. The Balaban J connectivity index is 2.40. The van der Waals surface area contributed by atoms with E-state index in [1.54, 1.807) is 11.8 Å². The van der Waals surface area contributed by atoms with Crippen molar-refractivity contribution in [2.24, 2.45) is 5.92 Å². The van der Waals surface area contributed by atoms with Crippen LogP contribution in [0.1, 0.15) is 37.0 Å². The molecule has 104 valence electrons. The van der Waals surface area contributed by atoms with Crippen LogP contribution in [0, 0.1) is 5.92 Å². The van der Waals surface area contributed by atoms with E-state index in [-0.39, 0.29) is 17.7 Å². The first-order valence-corrected chi connectivity index (χ1v) is 7.37. The fourth-order valence-corrected chi connectivity index (χ4v) is 2.41. The zero-order valence-electron chi connectivity index (χ0n) is 11.6. The molecule has 1 aromatic carbocycles. The van der Waals surface area contributed by atoms with Crippen LogP contribution in [-0.4, -0.2) is 24.6 Å². The molecule has 0 aliphatic carbocycles. The zero-order chi connectivity index (χ0) is 14.3. The summed E-state index contributed by atoms with van der Waals surface area (Å²) in [5.74, 6) is 0.895. The number of esters is 1. The van der Waals surface area contributed by atoms with Gasteiger partial charge < -0.3 is 4.74 Å². The second-order valence-electron chi connectivity index (χ2n) is 4.57. The molecule has 0 amide bonds. The number of ether oxygens (including phenoxy) is 1. The van der Waals surface area contributed by atoms with E-state index in [4.69, 9.17) is 0 Å². The van der Waals surface area contributed by atoms with Crippen LogP contribution in [-0.2, 0) is 9.53 Å². The van der Waals surface area contributed by atoms with Crippen LogP contribution in [0.4, 0.5) is 0 Å². The van der Waals surface area contributed by atoms with Crippen LogP contribution in [0.2, 0.25) is 0 Å². The second-order valence-corrected chi connectivity index (χ2v) is 5.74. The summed E-state index contributed by atoms with van der Waals surface area (Å²) < 4.78 is 4.58. The summed E-state index contributed by atoms with van der Waals surface area (Å²) in [6.45, 7) is 3.80. The summed E-state index contributed by atoms with van der Waals surface area (Å²) >= 11 is 1.68. The van der Waals surface area contributed by atoms with Gasteiger partial charge >= 0.3 is 5.97 Å². The maximum absolute atomic E-state index is 11.8. The van der Waals surface area contributed by atoms with Crippen molar-refractivity contribution >= 4 is 23.5 Å². The quantitative estimate of drug-likeness (QED) is 0.331. The van der Waals surface area contributed by atoms with Crippen LogP contribution in [0.25, 0.3) is 0 Å². The number of rotatable bonds is 7. The molecular weight excluding hydrogens is 260 g/mol. The minimum Gasteiger partial charge on any atom is -0.469 e. The molecule has 1 rings (SSSR count). The van der Waals surface area contributed by atoms with E-state index in [1.807, 2.05) is 38.1 Å². The smallest absolute Gasteiger partial charge is 0.305 e. The lowest BCUT2D eigenvalue weighted by atomic mass is 10.0. The van der Waals surface area contributed by atoms with Gasteiger partial charge in [0.05, 0.1) is 7.11 Å². The SMILES string of the molecule is COC(=O)CCCSc1ccc(C(=O)C(C)C)cc1. The van der Waals surface area contributed by atoms with Gasteiger partial charge in [0, 0.05) is 22.8 Å². The van der Waals surface area contributed by atoms with Crippen molar-refractivity contribution in [3.8, 4) is 0 Å². The molecule has 4 heteroatoms. The first kappa shape index (κ1) is 15.8. The topological polar surface area (TPSA) is 43.4 Å². The molecule has 0 saturated carbocycles. The van der Waals surface area contributed by atoms with Crippen molar-refractivity contribution in [1.29, 1.82) is 0 Å². The molecule has 19 heavy (non-hydrogen) atoms. The van der Waals surface area contributed by atoms with E-state index in [1.165, 1.54) is 7.11 Å². The molecule has 0 heterocycles. The highest BCUT2D eigenvalue weighted by atomic mass is 32.2. The van der Waals surface area contributed by atoms with Crippen molar-refractivity contribution in [3.63, 3.8) is 0 Å². The average molecular weight is 280 g/mol. The summed E-state index contributed by atoms with van der Waals surface area (Å²) in [6.07, 6.45) is 1.25. The van der Waals surface area contributed by atoms with Gasteiger partial charge in [-0.05, 0) is 24.3 Å². The Morgan fingerprint density at radius 2 is 1.84 bits per heavy atom. The van der Waals surface area contributed by atoms with Gasteiger partial charge in [-0.25, -0.2) is 0 Å². The van der Waals surface area contributed by atoms with Gasteiger partial charge in [0.2, 0.25) is 0 Å². The molecule has 0 saturated heterocycles. The Kier molecular flexibility index (Phi) is 6.64. The van der Waals surface area contributed by atoms with E-state index in [0.717, 1.165) is 22.6 Å². The van der Waals surface area contributed by atoms with Gasteiger partial charge in [0.1, 0.15) is 0 Å². The molecule has 0 fully saturated rings. The van der Waals surface area contributed by atoms with Crippen LogP contribution >= 0.6 is 11.8 Å². The molecular formula is C15H20O3S. The number of thioether (sulfide) groups is 1. The van der Waals surface area contributed by atoms with Gasteiger partial charge in [0.25, 0.3) is 0 Å². The average Bonchev–Trinajstić information content (AvgIpc) is 2.43. The lowest BCUT2D eigenvalue weighted by molar-refractivity contribution is -0.140. The maximum atomic E-state index is 11.8. The standard InChI is InChI=1S/C15H20O3S/c1-11(2)15(17)12-6-8-13(9-7-12)19-10-4-5-14(16)18-3/h6-9,11H,4-5,10H2,1-3H3. The number of benzene rings is 1. The van der Waals surface area contributed by atoms with Gasteiger partial charge in [-0.15, -0.1) is 11.8 Å². The molecule has 0 aliphatic heterocycles. The highest BCUT2D eigenvalue weighted by Gasteiger charge is 2.09. The molecule has 3 nitrogen and oxygen atoms in total. The fourth-order valence-electron chi connectivity index (χ4n) is 1.56. The Morgan fingerprint density at radius 1 is 1.21 bits per heavy atom. The third kappa shape index (κ3) is 5.47. The number of hydrogen-bond acceptors (Lipinski definition) is 4. The normalized spacial score (nSPS) is 10.5. The largest absolute Gasteiger partial charge is 0.469 e. The molecule has 0 spiro atoms. The van der Waals surface area contributed by atoms with Crippen molar-refractivity contribution in [2.75, 3.05) is 12.9 Å². The fraction of sp³-hybridized carbons (Fsp3) is 0.467. The third-order valence-electron chi connectivity index (χ3n) is 2.68. The van der Waals surface area contributed by atoms with Gasteiger partial charge in [-0.1, -0.05) is 26.0 Å². The van der Waals surface area contributed by atoms with E-state index in [2.05, 4.69) is 4.74 Å². The molecule has 0 bridgehead atoms. The van der Waals surface area contributed by atoms with E-state index >= 15 is 0 Å². The number of hydrogen-bond donors (Lipinski definition) is 0. The molecule has 0 atom stereocenters.